The Morgan fingerprint density at radius 3 is 2.61 bits per heavy atom. The largest absolute Gasteiger partial charge is 0.460 e. The Bertz CT molecular complexity index is 371. The minimum atomic E-state index is -0.412. The lowest BCUT2D eigenvalue weighted by atomic mass is 9.70. The van der Waals surface area contributed by atoms with Gasteiger partial charge in [0.1, 0.15) is 5.60 Å². The molecule has 102 valence electrons. The minimum Gasteiger partial charge on any atom is -0.460 e. The highest BCUT2D eigenvalue weighted by Gasteiger charge is 2.32. The maximum absolute atomic E-state index is 12.0. The van der Waals surface area contributed by atoms with Gasteiger partial charge >= 0.3 is 5.97 Å². The van der Waals surface area contributed by atoms with Gasteiger partial charge in [0, 0.05) is 5.41 Å². The Morgan fingerprint density at radius 1 is 1.50 bits per heavy atom. The van der Waals surface area contributed by atoms with E-state index in [-0.39, 0.29) is 11.4 Å². The SMILES string of the molecule is C=CC1(C)CCCC(C)=C1CC(=O)OC(C)(C)C. The number of allylic oxidation sites excluding steroid dienone is 2. The second-order valence-electron chi connectivity index (χ2n) is 6.50. The Balaban J connectivity index is 2.86. The lowest BCUT2D eigenvalue weighted by Gasteiger charge is -2.35. The van der Waals surface area contributed by atoms with E-state index < -0.39 is 5.60 Å². The first-order valence-electron chi connectivity index (χ1n) is 6.72. The van der Waals surface area contributed by atoms with Gasteiger partial charge in [-0.25, -0.2) is 0 Å². The van der Waals surface area contributed by atoms with Gasteiger partial charge in [0.15, 0.2) is 0 Å². The van der Waals surface area contributed by atoms with Gasteiger partial charge in [-0.05, 0) is 47.0 Å². The van der Waals surface area contributed by atoms with Gasteiger partial charge in [0.2, 0.25) is 0 Å². The number of esters is 1. The summed E-state index contributed by atoms with van der Waals surface area (Å²) in [4.78, 5) is 12.0. The maximum atomic E-state index is 12.0. The standard InChI is InChI=1S/C16H26O2/c1-7-16(6)10-8-9-12(2)13(16)11-14(17)18-15(3,4)5/h7H,1,8-11H2,2-6H3. The van der Waals surface area contributed by atoms with Crippen LogP contribution in [0.5, 0.6) is 0 Å². The molecule has 0 aliphatic heterocycles. The third kappa shape index (κ3) is 3.72. The summed E-state index contributed by atoms with van der Waals surface area (Å²) in [7, 11) is 0. The molecule has 0 saturated carbocycles. The summed E-state index contributed by atoms with van der Waals surface area (Å²) in [5.74, 6) is -0.133. The Kier molecular flexibility index (Phi) is 4.41. The molecular formula is C16H26O2. The number of rotatable bonds is 3. The number of hydrogen-bond donors (Lipinski definition) is 0. The van der Waals surface area contributed by atoms with Crippen LogP contribution in [0.4, 0.5) is 0 Å². The number of carbonyl (C=O) groups is 1. The van der Waals surface area contributed by atoms with Crippen LogP contribution in [0.1, 0.15) is 60.3 Å². The van der Waals surface area contributed by atoms with Gasteiger partial charge in [-0.3, -0.25) is 4.79 Å². The van der Waals surface area contributed by atoms with Crippen LogP contribution in [0, 0.1) is 5.41 Å². The maximum Gasteiger partial charge on any atom is 0.310 e. The van der Waals surface area contributed by atoms with Gasteiger partial charge in [-0.2, -0.15) is 0 Å². The smallest absolute Gasteiger partial charge is 0.310 e. The number of hydrogen-bond acceptors (Lipinski definition) is 2. The van der Waals surface area contributed by atoms with E-state index in [0.29, 0.717) is 6.42 Å². The molecule has 0 spiro atoms. The zero-order valence-electron chi connectivity index (χ0n) is 12.4. The Hall–Kier alpha value is -1.05. The zero-order chi connectivity index (χ0) is 14.0. The lowest BCUT2D eigenvalue weighted by molar-refractivity contribution is -0.154. The van der Waals surface area contributed by atoms with E-state index in [9.17, 15) is 4.79 Å². The van der Waals surface area contributed by atoms with E-state index >= 15 is 0 Å². The monoisotopic (exact) mass is 250 g/mol. The first-order valence-corrected chi connectivity index (χ1v) is 6.72. The normalized spacial score (nSPS) is 24.9. The van der Waals surface area contributed by atoms with Gasteiger partial charge < -0.3 is 4.74 Å². The summed E-state index contributed by atoms with van der Waals surface area (Å²) in [6.07, 6.45) is 5.71. The molecule has 1 aliphatic carbocycles. The topological polar surface area (TPSA) is 26.3 Å². The molecule has 0 radical (unpaired) electrons. The average molecular weight is 250 g/mol. The molecule has 1 aliphatic rings. The fourth-order valence-corrected chi connectivity index (χ4v) is 2.61. The molecule has 0 aromatic carbocycles. The van der Waals surface area contributed by atoms with Crippen molar-refractivity contribution in [1.29, 1.82) is 0 Å². The quantitative estimate of drug-likeness (QED) is 0.548. The molecule has 2 nitrogen and oxygen atoms in total. The van der Waals surface area contributed by atoms with Crippen LogP contribution < -0.4 is 0 Å². The summed E-state index contributed by atoms with van der Waals surface area (Å²) in [5, 5.41) is 0. The van der Waals surface area contributed by atoms with E-state index in [0.717, 1.165) is 12.8 Å². The van der Waals surface area contributed by atoms with Gasteiger partial charge in [-0.15, -0.1) is 6.58 Å². The van der Waals surface area contributed by atoms with Gasteiger partial charge in [-0.1, -0.05) is 24.1 Å². The molecule has 0 amide bonds. The molecule has 0 saturated heterocycles. The molecule has 0 aromatic rings. The second-order valence-corrected chi connectivity index (χ2v) is 6.50. The van der Waals surface area contributed by atoms with E-state index in [1.807, 2.05) is 26.8 Å². The van der Waals surface area contributed by atoms with E-state index in [1.165, 1.54) is 17.6 Å². The molecule has 1 rings (SSSR count). The highest BCUT2D eigenvalue weighted by Crippen LogP contribution is 2.43. The van der Waals surface area contributed by atoms with Crippen LogP contribution in [0.2, 0.25) is 0 Å². The van der Waals surface area contributed by atoms with E-state index in [4.69, 9.17) is 4.74 Å². The molecule has 1 atom stereocenters. The Labute approximate surface area is 111 Å². The van der Waals surface area contributed by atoms with Crippen molar-refractivity contribution in [3.63, 3.8) is 0 Å². The third-order valence-electron chi connectivity index (χ3n) is 3.64. The average Bonchev–Trinajstić information content (AvgIpc) is 2.21. The second kappa shape index (κ2) is 5.29. The molecule has 0 aromatic heterocycles. The Morgan fingerprint density at radius 2 is 2.11 bits per heavy atom. The van der Waals surface area contributed by atoms with E-state index in [2.05, 4.69) is 20.4 Å². The van der Waals surface area contributed by atoms with Crippen LogP contribution >= 0.6 is 0 Å². The van der Waals surface area contributed by atoms with Crippen molar-refractivity contribution in [2.24, 2.45) is 5.41 Å². The van der Waals surface area contributed by atoms with Gasteiger partial charge in [0.05, 0.1) is 6.42 Å². The van der Waals surface area contributed by atoms with Gasteiger partial charge in [0.25, 0.3) is 0 Å². The minimum absolute atomic E-state index is 0.0424. The molecule has 0 N–H and O–H groups in total. The predicted octanol–water partition coefficient (Wildman–Crippen LogP) is 4.41. The fraction of sp³-hybridized carbons (Fsp3) is 0.688. The summed E-state index contributed by atoms with van der Waals surface area (Å²) in [6, 6.07) is 0. The first-order chi connectivity index (χ1) is 8.18. The summed E-state index contributed by atoms with van der Waals surface area (Å²) < 4.78 is 5.42. The zero-order valence-corrected chi connectivity index (χ0v) is 12.4. The summed E-state index contributed by atoms with van der Waals surface area (Å²) in [6.45, 7) is 13.9. The number of carbonyl (C=O) groups excluding carboxylic acids is 1. The highest BCUT2D eigenvalue weighted by molar-refractivity contribution is 5.73. The van der Waals surface area contributed by atoms with Crippen molar-refractivity contribution in [3.8, 4) is 0 Å². The fourth-order valence-electron chi connectivity index (χ4n) is 2.61. The van der Waals surface area contributed by atoms with Crippen molar-refractivity contribution < 1.29 is 9.53 Å². The molecule has 0 bridgehead atoms. The van der Waals surface area contributed by atoms with Crippen molar-refractivity contribution in [2.75, 3.05) is 0 Å². The molecule has 2 heteroatoms. The van der Waals surface area contributed by atoms with Crippen LogP contribution in [-0.2, 0) is 9.53 Å². The first kappa shape index (κ1) is 15.0. The van der Waals surface area contributed by atoms with Crippen LogP contribution in [-0.4, -0.2) is 11.6 Å². The van der Waals surface area contributed by atoms with Crippen molar-refractivity contribution in [2.45, 2.75) is 65.9 Å². The lowest BCUT2D eigenvalue weighted by Crippen LogP contribution is -2.28. The highest BCUT2D eigenvalue weighted by atomic mass is 16.6. The molecular weight excluding hydrogens is 224 g/mol. The van der Waals surface area contributed by atoms with Crippen LogP contribution in [0.15, 0.2) is 23.8 Å². The third-order valence-corrected chi connectivity index (χ3v) is 3.64. The van der Waals surface area contributed by atoms with Crippen LogP contribution in [0.3, 0.4) is 0 Å². The summed E-state index contributed by atoms with van der Waals surface area (Å²) >= 11 is 0. The molecule has 1 unspecified atom stereocenters. The van der Waals surface area contributed by atoms with Crippen LogP contribution in [0.25, 0.3) is 0 Å². The molecule has 0 heterocycles. The van der Waals surface area contributed by atoms with Crippen molar-refractivity contribution in [3.05, 3.63) is 23.8 Å². The molecule has 18 heavy (non-hydrogen) atoms. The predicted molar refractivity (Wildman–Crippen MR) is 75.3 cm³/mol. The summed E-state index contributed by atoms with van der Waals surface area (Å²) in [5.41, 5.74) is 2.08. The molecule has 0 fully saturated rings. The van der Waals surface area contributed by atoms with E-state index in [1.54, 1.807) is 0 Å². The number of ether oxygens (including phenoxy) is 1. The van der Waals surface area contributed by atoms with Crippen molar-refractivity contribution in [1.82, 2.24) is 0 Å². The van der Waals surface area contributed by atoms with Crippen molar-refractivity contribution >= 4 is 5.97 Å².